The fourth-order valence-corrected chi connectivity index (χ4v) is 4.35. The molecular weight excluding hydrogens is 398 g/mol. The van der Waals surface area contributed by atoms with Crippen LogP contribution in [0.2, 0.25) is 0 Å². The number of aryl methyl sites for hydroxylation is 1. The van der Waals surface area contributed by atoms with Crippen LogP contribution in [0.4, 0.5) is 0 Å². The Morgan fingerprint density at radius 2 is 2.00 bits per heavy atom. The van der Waals surface area contributed by atoms with Crippen molar-refractivity contribution in [2.75, 3.05) is 6.54 Å². The minimum absolute atomic E-state index is 0.122. The Labute approximate surface area is 148 Å². The fourth-order valence-electron chi connectivity index (χ4n) is 2.01. The van der Waals surface area contributed by atoms with Gasteiger partial charge in [-0.1, -0.05) is 23.5 Å². The SMILES string of the molecule is Cn1c(=NC(=O)CNC(=O)c2ccc(Br)s2)sc2ccccc21. The lowest BCUT2D eigenvalue weighted by molar-refractivity contribution is -0.117. The predicted molar refractivity (Wildman–Crippen MR) is 95.7 cm³/mol. The van der Waals surface area contributed by atoms with Crippen molar-refractivity contribution in [3.63, 3.8) is 0 Å². The van der Waals surface area contributed by atoms with E-state index in [1.54, 1.807) is 12.1 Å². The summed E-state index contributed by atoms with van der Waals surface area (Å²) in [5, 5.41) is 2.59. The van der Waals surface area contributed by atoms with E-state index in [1.165, 1.54) is 22.7 Å². The monoisotopic (exact) mass is 409 g/mol. The highest BCUT2D eigenvalue weighted by Gasteiger charge is 2.10. The maximum atomic E-state index is 12.0. The fraction of sp³-hybridized carbons (Fsp3) is 0.133. The molecule has 0 spiro atoms. The zero-order valence-electron chi connectivity index (χ0n) is 12.1. The highest BCUT2D eigenvalue weighted by atomic mass is 79.9. The molecule has 3 aromatic rings. The average Bonchev–Trinajstić information content (AvgIpc) is 3.10. The quantitative estimate of drug-likeness (QED) is 0.722. The lowest BCUT2D eigenvalue weighted by Gasteiger charge is -1.99. The second kappa shape index (κ2) is 6.77. The third kappa shape index (κ3) is 3.60. The highest BCUT2D eigenvalue weighted by Crippen LogP contribution is 2.21. The smallest absolute Gasteiger partial charge is 0.267 e. The first-order valence-corrected chi connectivity index (χ1v) is 9.13. The molecule has 2 heterocycles. The van der Waals surface area contributed by atoms with Gasteiger partial charge < -0.3 is 9.88 Å². The number of para-hydroxylation sites is 1. The number of nitrogens with zero attached hydrogens (tertiary/aromatic N) is 2. The predicted octanol–water partition coefficient (Wildman–Crippen LogP) is 2.92. The van der Waals surface area contributed by atoms with Crippen LogP contribution in [0.3, 0.4) is 0 Å². The molecule has 0 saturated carbocycles. The molecule has 0 aliphatic heterocycles. The van der Waals surface area contributed by atoms with Crippen molar-refractivity contribution in [1.82, 2.24) is 9.88 Å². The number of halogens is 1. The number of hydrogen-bond donors (Lipinski definition) is 1. The lowest BCUT2D eigenvalue weighted by atomic mass is 10.3. The summed E-state index contributed by atoms with van der Waals surface area (Å²) in [6.45, 7) is -0.122. The highest BCUT2D eigenvalue weighted by molar-refractivity contribution is 9.11. The van der Waals surface area contributed by atoms with Gasteiger partial charge in [-0.05, 0) is 40.2 Å². The van der Waals surface area contributed by atoms with Crippen LogP contribution in [0.15, 0.2) is 45.2 Å². The van der Waals surface area contributed by atoms with Crippen molar-refractivity contribution < 1.29 is 9.59 Å². The third-order valence-electron chi connectivity index (χ3n) is 3.13. The van der Waals surface area contributed by atoms with Crippen LogP contribution >= 0.6 is 38.6 Å². The van der Waals surface area contributed by atoms with Crippen molar-refractivity contribution in [3.8, 4) is 0 Å². The topological polar surface area (TPSA) is 63.5 Å². The molecule has 2 amide bonds. The van der Waals surface area contributed by atoms with E-state index in [2.05, 4.69) is 26.2 Å². The number of benzene rings is 1. The Morgan fingerprint density at radius 1 is 1.22 bits per heavy atom. The first-order chi connectivity index (χ1) is 11.0. The number of aromatic nitrogens is 1. The van der Waals surface area contributed by atoms with Gasteiger partial charge in [0.1, 0.15) is 0 Å². The summed E-state index contributed by atoms with van der Waals surface area (Å²) in [6, 6.07) is 11.4. The summed E-state index contributed by atoms with van der Waals surface area (Å²) < 4.78 is 3.81. The van der Waals surface area contributed by atoms with E-state index < -0.39 is 0 Å². The molecule has 8 heteroatoms. The first-order valence-electron chi connectivity index (χ1n) is 6.70. The molecule has 0 unspecified atom stereocenters. The Balaban J connectivity index is 1.73. The van der Waals surface area contributed by atoms with E-state index in [0.29, 0.717) is 9.68 Å². The van der Waals surface area contributed by atoms with Gasteiger partial charge in [0.15, 0.2) is 4.80 Å². The first kappa shape index (κ1) is 16.1. The molecule has 1 aromatic carbocycles. The number of amides is 2. The van der Waals surface area contributed by atoms with Crippen molar-refractivity contribution >= 4 is 60.6 Å². The maximum Gasteiger partial charge on any atom is 0.267 e. The number of nitrogens with one attached hydrogen (secondary N) is 1. The number of rotatable bonds is 3. The molecule has 0 atom stereocenters. The largest absolute Gasteiger partial charge is 0.342 e. The second-order valence-electron chi connectivity index (χ2n) is 4.70. The zero-order chi connectivity index (χ0) is 16.4. The normalized spacial score (nSPS) is 11.8. The number of fused-ring (bicyclic) bond motifs is 1. The van der Waals surface area contributed by atoms with Gasteiger partial charge in [0.05, 0.1) is 25.4 Å². The summed E-state index contributed by atoms with van der Waals surface area (Å²) in [6.07, 6.45) is 0. The molecule has 0 radical (unpaired) electrons. The molecule has 1 N–H and O–H groups in total. The molecule has 118 valence electrons. The van der Waals surface area contributed by atoms with Gasteiger partial charge in [-0.2, -0.15) is 4.99 Å². The van der Waals surface area contributed by atoms with Crippen LogP contribution in [-0.2, 0) is 11.8 Å². The van der Waals surface area contributed by atoms with E-state index in [-0.39, 0.29) is 18.4 Å². The standard InChI is InChI=1S/C15H12BrN3O2S2/c1-19-9-4-2-3-5-10(9)23-15(19)18-13(20)8-17-14(21)11-6-7-12(16)22-11/h2-7H,8H2,1H3,(H,17,21). The molecule has 0 aliphatic carbocycles. The summed E-state index contributed by atoms with van der Waals surface area (Å²) in [5.41, 5.74) is 1.02. The summed E-state index contributed by atoms with van der Waals surface area (Å²) in [7, 11) is 1.87. The zero-order valence-corrected chi connectivity index (χ0v) is 15.3. The van der Waals surface area contributed by atoms with E-state index >= 15 is 0 Å². The molecule has 0 saturated heterocycles. The number of carbonyl (C=O) groups excluding carboxylic acids is 2. The van der Waals surface area contributed by atoms with E-state index in [4.69, 9.17) is 0 Å². The Kier molecular flexibility index (Phi) is 4.74. The van der Waals surface area contributed by atoms with Crippen LogP contribution in [0.5, 0.6) is 0 Å². The number of hydrogen-bond acceptors (Lipinski definition) is 4. The van der Waals surface area contributed by atoms with Gasteiger partial charge in [-0.15, -0.1) is 11.3 Å². The minimum atomic E-state index is -0.379. The maximum absolute atomic E-state index is 12.0. The Morgan fingerprint density at radius 3 is 2.70 bits per heavy atom. The molecular formula is C15H12BrN3O2S2. The van der Waals surface area contributed by atoms with Gasteiger partial charge in [0.25, 0.3) is 11.8 Å². The van der Waals surface area contributed by atoms with Gasteiger partial charge >= 0.3 is 0 Å². The van der Waals surface area contributed by atoms with Gasteiger partial charge in [0.2, 0.25) is 0 Å². The molecule has 0 bridgehead atoms. The molecule has 23 heavy (non-hydrogen) atoms. The van der Waals surface area contributed by atoms with Gasteiger partial charge in [-0.25, -0.2) is 0 Å². The summed E-state index contributed by atoms with van der Waals surface area (Å²) in [4.78, 5) is 29.1. The molecule has 0 aliphatic rings. The number of thiophene rings is 1. The number of carbonyl (C=O) groups is 2. The lowest BCUT2D eigenvalue weighted by Crippen LogP contribution is -2.29. The van der Waals surface area contributed by atoms with Crippen LogP contribution in [0.25, 0.3) is 10.2 Å². The molecule has 0 fully saturated rings. The number of thiazole rings is 1. The molecule has 2 aromatic heterocycles. The van der Waals surface area contributed by atoms with Crippen LogP contribution in [-0.4, -0.2) is 22.9 Å². The molecule has 5 nitrogen and oxygen atoms in total. The average molecular weight is 410 g/mol. The van der Waals surface area contributed by atoms with Crippen molar-refractivity contribution in [1.29, 1.82) is 0 Å². The van der Waals surface area contributed by atoms with E-state index in [9.17, 15) is 9.59 Å². The Bertz CT molecular complexity index is 955. The van der Waals surface area contributed by atoms with E-state index in [0.717, 1.165) is 14.0 Å². The van der Waals surface area contributed by atoms with Crippen molar-refractivity contribution in [2.45, 2.75) is 0 Å². The van der Waals surface area contributed by atoms with E-state index in [1.807, 2.05) is 35.9 Å². The third-order valence-corrected chi connectivity index (χ3v) is 5.87. The van der Waals surface area contributed by atoms with Gasteiger partial charge in [-0.3, -0.25) is 9.59 Å². The summed E-state index contributed by atoms with van der Waals surface area (Å²) >= 11 is 6.06. The van der Waals surface area contributed by atoms with Gasteiger partial charge in [0, 0.05) is 7.05 Å². The van der Waals surface area contributed by atoms with Crippen LogP contribution in [0.1, 0.15) is 9.67 Å². The van der Waals surface area contributed by atoms with Crippen molar-refractivity contribution in [2.24, 2.45) is 12.0 Å². The minimum Gasteiger partial charge on any atom is -0.342 e. The summed E-state index contributed by atoms with van der Waals surface area (Å²) in [5.74, 6) is -0.652. The van der Waals surface area contributed by atoms with Crippen LogP contribution < -0.4 is 10.1 Å². The Hall–Kier alpha value is -1.77. The van der Waals surface area contributed by atoms with Crippen molar-refractivity contribution in [3.05, 3.63) is 49.9 Å². The second-order valence-corrected chi connectivity index (χ2v) is 8.18. The van der Waals surface area contributed by atoms with Crippen LogP contribution in [0, 0.1) is 0 Å². The molecule has 3 rings (SSSR count).